The van der Waals surface area contributed by atoms with Crippen LogP contribution in [0, 0.1) is 0 Å². The van der Waals surface area contributed by atoms with Gasteiger partial charge in [-0.15, -0.1) is 0 Å². The summed E-state index contributed by atoms with van der Waals surface area (Å²) in [5.74, 6) is 0.118. The Hall–Kier alpha value is -0.790. The predicted octanol–water partition coefficient (Wildman–Crippen LogP) is 2.26. The van der Waals surface area contributed by atoms with E-state index in [0.29, 0.717) is 6.04 Å². The summed E-state index contributed by atoms with van der Waals surface area (Å²) in [4.78, 5) is 11.1. The first kappa shape index (κ1) is 11.2. The van der Waals surface area contributed by atoms with E-state index < -0.39 is 0 Å². The van der Waals surface area contributed by atoms with Crippen molar-refractivity contribution in [3.05, 3.63) is 11.1 Å². The van der Waals surface area contributed by atoms with Crippen LogP contribution in [0.15, 0.2) is 11.1 Å². The van der Waals surface area contributed by atoms with Gasteiger partial charge in [0.2, 0.25) is 5.91 Å². The van der Waals surface area contributed by atoms with Crippen molar-refractivity contribution in [2.75, 3.05) is 0 Å². The maximum Gasteiger partial charge on any atom is 0.247 e. The molecular formula is C10H19NO. The summed E-state index contributed by atoms with van der Waals surface area (Å²) in [6.07, 6.45) is 0.890. The second-order valence-electron chi connectivity index (χ2n) is 3.06. The zero-order valence-corrected chi connectivity index (χ0v) is 8.69. The molecule has 1 N–H and O–H groups in total. The second kappa shape index (κ2) is 4.96. The molecule has 1 unspecified atom stereocenters. The van der Waals surface area contributed by atoms with Crippen LogP contribution in [0.1, 0.15) is 41.0 Å². The average Bonchev–Trinajstić information content (AvgIpc) is 2.34. The van der Waals surface area contributed by atoms with Crippen LogP contribution in [0.3, 0.4) is 0 Å². The van der Waals surface area contributed by atoms with Crippen molar-refractivity contribution in [1.29, 1.82) is 0 Å². The summed E-state index contributed by atoms with van der Waals surface area (Å²) in [7, 11) is 0. The zero-order valence-electron chi connectivity index (χ0n) is 8.69. The second-order valence-corrected chi connectivity index (χ2v) is 3.06. The molecule has 0 spiro atoms. The lowest BCUT2D eigenvalue weighted by Gasteiger charge is -1.95. The Kier molecular flexibility index (Phi) is 4.64. The van der Waals surface area contributed by atoms with Gasteiger partial charge in [-0.3, -0.25) is 4.79 Å². The fourth-order valence-corrected chi connectivity index (χ4v) is 1.19. The number of hydrogen-bond acceptors (Lipinski definition) is 1. The van der Waals surface area contributed by atoms with Crippen molar-refractivity contribution in [2.24, 2.45) is 0 Å². The molecule has 0 aromatic carbocycles. The highest BCUT2D eigenvalue weighted by atomic mass is 16.2. The van der Waals surface area contributed by atoms with Crippen LogP contribution in [-0.4, -0.2) is 11.9 Å². The van der Waals surface area contributed by atoms with Crippen LogP contribution in [0.25, 0.3) is 0 Å². The number of carbonyl (C=O) groups excluding carboxylic acids is 1. The normalized spacial score (nSPS) is 21.2. The molecule has 0 aliphatic carbocycles. The maximum absolute atomic E-state index is 11.1. The van der Waals surface area contributed by atoms with Crippen molar-refractivity contribution in [3.63, 3.8) is 0 Å². The molecule has 0 aromatic rings. The molecule has 70 valence electrons. The lowest BCUT2D eigenvalue weighted by atomic mass is 10.1. The van der Waals surface area contributed by atoms with Crippen LogP contribution in [0.2, 0.25) is 0 Å². The molecule has 12 heavy (non-hydrogen) atoms. The summed E-state index contributed by atoms with van der Waals surface area (Å²) in [6, 6.07) is 0.331. The molecule has 1 aliphatic heterocycles. The molecule has 0 saturated carbocycles. The molecule has 1 amide bonds. The number of nitrogens with one attached hydrogen (secondary N) is 1. The predicted molar refractivity (Wildman–Crippen MR) is 51.9 cm³/mol. The summed E-state index contributed by atoms with van der Waals surface area (Å²) >= 11 is 0. The Morgan fingerprint density at radius 3 is 2.08 bits per heavy atom. The molecule has 2 heteroatoms. The van der Waals surface area contributed by atoms with Crippen molar-refractivity contribution < 1.29 is 4.79 Å². The molecule has 2 nitrogen and oxygen atoms in total. The highest BCUT2D eigenvalue weighted by Crippen LogP contribution is 2.17. The lowest BCUT2D eigenvalue weighted by Crippen LogP contribution is -2.22. The van der Waals surface area contributed by atoms with E-state index in [0.717, 1.165) is 17.6 Å². The van der Waals surface area contributed by atoms with E-state index in [4.69, 9.17) is 0 Å². The van der Waals surface area contributed by atoms with Gasteiger partial charge < -0.3 is 5.32 Å². The summed E-state index contributed by atoms with van der Waals surface area (Å²) in [6.45, 7) is 9.98. The van der Waals surface area contributed by atoms with Crippen LogP contribution in [-0.2, 0) is 4.79 Å². The van der Waals surface area contributed by atoms with Gasteiger partial charge in [-0.2, -0.15) is 0 Å². The van der Waals surface area contributed by atoms with E-state index in [-0.39, 0.29) is 5.91 Å². The van der Waals surface area contributed by atoms with E-state index in [2.05, 4.69) is 5.32 Å². The van der Waals surface area contributed by atoms with Gasteiger partial charge in [0.15, 0.2) is 0 Å². The minimum absolute atomic E-state index is 0.118. The first-order valence-electron chi connectivity index (χ1n) is 4.58. The zero-order chi connectivity index (χ0) is 9.72. The number of carbonyl (C=O) groups is 1. The summed E-state index contributed by atoms with van der Waals surface area (Å²) in [5, 5.41) is 2.85. The number of allylic oxidation sites excluding steroid dienone is 1. The van der Waals surface area contributed by atoms with Crippen molar-refractivity contribution >= 4 is 5.91 Å². The van der Waals surface area contributed by atoms with E-state index in [1.807, 2.05) is 34.6 Å². The van der Waals surface area contributed by atoms with Gasteiger partial charge in [0.1, 0.15) is 0 Å². The fourth-order valence-electron chi connectivity index (χ4n) is 1.19. The molecule has 1 fully saturated rings. The largest absolute Gasteiger partial charge is 0.350 e. The SMILES string of the molecule is CC.CC(C)=C1CC(C)NC1=O. The molecule has 0 radical (unpaired) electrons. The van der Waals surface area contributed by atoms with Gasteiger partial charge in [-0.05, 0) is 27.2 Å². The Labute approximate surface area is 75.0 Å². The quantitative estimate of drug-likeness (QED) is 0.554. The monoisotopic (exact) mass is 169 g/mol. The first-order chi connectivity index (χ1) is 5.61. The van der Waals surface area contributed by atoms with Crippen molar-refractivity contribution in [1.82, 2.24) is 5.32 Å². The molecule has 0 bridgehead atoms. The minimum atomic E-state index is 0.118. The van der Waals surface area contributed by atoms with Gasteiger partial charge in [0.05, 0.1) is 0 Å². The third kappa shape index (κ3) is 2.68. The van der Waals surface area contributed by atoms with Gasteiger partial charge in [-0.1, -0.05) is 19.4 Å². The number of rotatable bonds is 0. The molecule has 1 atom stereocenters. The van der Waals surface area contributed by atoms with E-state index in [1.165, 1.54) is 0 Å². The first-order valence-corrected chi connectivity index (χ1v) is 4.58. The number of amides is 1. The van der Waals surface area contributed by atoms with Crippen LogP contribution in [0.5, 0.6) is 0 Å². The third-order valence-electron chi connectivity index (χ3n) is 1.77. The van der Waals surface area contributed by atoms with E-state index in [9.17, 15) is 4.79 Å². The van der Waals surface area contributed by atoms with Crippen LogP contribution in [0.4, 0.5) is 0 Å². The highest BCUT2D eigenvalue weighted by Gasteiger charge is 2.22. The number of hydrogen-bond donors (Lipinski definition) is 1. The van der Waals surface area contributed by atoms with Crippen LogP contribution < -0.4 is 5.32 Å². The molecule has 1 saturated heterocycles. The maximum atomic E-state index is 11.1. The standard InChI is InChI=1S/C8H13NO.C2H6/c1-5(2)7-4-6(3)9-8(7)10;1-2/h6H,4H2,1-3H3,(H,9,10);1-2H3. The van der Waals surface area contributed by atoms with Crippen LogP contribution >= 0.6 is 0 Å². The van der Waals surface area contributed by atoms with E-state index in [1.54, 1.807) is 0 Å². The van der Waals surface area contributed by atoms with E-state index >= 15 is 0 Å². The summed E-state index contributed by atoms with van der Waals surface area (Å²) < 4.78 is 0. The molecular weight excluding hydrogens is 150 g/mol. The molecule has 1 heterocycles. The van der Waals surface area contributed by atoms with Gasteiger partial charge in [0, 0.05) is 11.6 Å². The summed E-state index contributed by atoms with van der Waals surface area (Å²) in [5.41, 5.74) is 2.11. The molecule has 1 rings (SSSR count). The average molecular weight is 169 g/mol. The topological polar surface area (TPSA) is 29.1 Å². The smallest absolute Gasteiger partial charge is 0.247 e. The Morgan fingerprint density at radius 2 is 1.92 bits per heavy atom. The Bertz CT molecular complexity index is 190. The minimum Gasteiger partial charge on any atom is -0.350 e. The Morgan fingerprint density at radius 1 is 1.42 bits per heavy atom. The molecule has 0 aromatic heterocycles. The van der Waals surface area contributed by atoms with Crippen molar-refractivity contribution in [3.8, 4) is 0 Å². The highest BCUT2D eigenvalue weighted by molar-refractivity contribution is 5.96. The van der Waals surface area contributed by atoms with Crippen molar-refractivity contribution in [2.45, 2.75) is 47.1 Å². The van der Waals surface area contributed by atoms with Gasteiger partial charge in [0.25, 0.3) is 0 Å². The fraction of sp³-hybridized carbons (Fsp3) is 0.700. The Balaban J connectivity index is 0.000000561. The lowest BCUT2D eigenvalue weighted by molar-refractivity contribution is -0.116. The van der Waals surface area contributed by atoms with Gasteiger partial charge in [-0.25, -0.2) is 0 Å². The third-order valence-corrected chi connectivity index (χ3v) is 1.77. The molecule has 1 aliphatic rings. The van der Waals surface area contributed by atoms with Gasteiger partial charge >= 0.3 is 0 Å².